The van der Waals surface area contributed by atoms with Gasteiger partial charge in [-0.15, -0.1) is 0 Å². The summed E-state index contributed by atoms with van der Waals surface area (Å²) in [4.78, 5) is 26.1. The topological polar surface area (TPSA) is 99.2 Å². The molecular formula is C22H30F3NO7S. The first-order valence-electron chi connectivity index (χ1n) is 10.6. The Morgan fingerprint density at radius 1 is 0.912 bits per heavy atom. The maximum Gasteiger partial charge on any atom is 0.416 e. The largest absolute Gasteiger partial charge is 0.458 e. The molecular weight excluding hydrogens is 479 g/mol. The van der Waals surface area contributed by atoms with Crippen molar-refractivity contribution in [2.24, 2.45) is 0 Å². The van der Waals surface area contributed by atoms with Gasteiger partial charge >= 0.3 is 18.2 Å². The predicted molar refractivity (Wildman–Crippen MR) is 115 cm³/mol. The Kier molecular flexibility index (Phi) is 7.98. The van der Waals surface area contributed by atoms with Crippen LogP contribution in [-0.4, -0.2) is 55.3 Å². The van der Waals surface area contributed by atoms with E-state index in [1.165, 1.54) is 0 Å². The lowest BCUT2D eigenvalue weighted by molar-refractivity contribution is -0.163. The van der Waals surface area contributed by atoms with Gasteiger partial charge in [-0.05, 0) is 78.6 Å². The van der Waals surface area contributed by atoms with E-state index in [4.69, 9.17) is 13.7 Å². The van der Waals surface area contributed by atoms with Crippen LogP contribution in [0.4, 0.5) is 18.0 Å². The minimum absolute atomic E-state index is 0.0430. The Morgan fingerprint density at radius 2 is 1.44 bits per heavy atom. The zero-order valence-electron chi connectivity index (χ0n) is 19.9. The number of esters is 1. The van der Waals surface area contributed by atoms with E-state index in [1.54, 1.807) is 41.5 Å². The molecule has 2 rings (SSSR count). The van der Waals surface area contributed by atoms with Crippen LogP contribution in [-0.2, 0) is 34.7 Å². The average Bonchev–Trinajstić information content (AvgIpc) is 2.64. The van der Waals surface area contributed by atoms with Crippen LogP contribution in [0.2, 0.25) is 0 Å². The first kappa shape index (κ1) is 27.9. The van der Waals surface area contributed by atoms with E-state index in [-0.39, 0.29) is 19.4 Å². The highest BCUT2D eigenvalue weighted by Gasteiger charge is 2.42. The summed E-state index contributed by atoms with van der Waals surface area (Å²) in [5.74, 6) is -0.664. The maximum atomic E-state index is 12.8. The van der Waals surface area contributed by atoms with Crippen molar-refractivity contribution in [2.75, 3.05) is 6.54 Å². The molecule has 0 unspecified atom stereocenters. The number of amides is 1. The molecule has 0 aliphatic carbocycles. The highest BCUT2D eigenvalue weighted by atomic mass is 32.2. The number of likely N-dealkylation sites (tertiary alicyclic amines) is 1. The normalized spacial score (nSPS) is 20.1. The minimum Gasteiger partial charge on any atom is -0.458 e. The van der Waals surface area contributed by atoms with Gasteiger partial charge in [-0.25, -0.2) is 9.59 Å². The SMILES string of the molecule is CC(C)(C)OC(=O)[C@@H]1CC[C@H](OS(=O)(=O)c2ccc(C(F)(F)F)cc2)CN1C(=O)OC(C)(C)C. The summed E-state index contributed by atoms with van der Waals surface area (Å²) >= 11 is 0. The van der Waals surface area contributed by atoms with E-state index in [1.807, 2.05) is 0 Å². The molecule has 1 saturated heterocycles. The molecule has 0 bridgehead atoms. The number of halogens is 3. The van der Waals surface area contributed by atoms with Gasteiger partial charge in [0.25, 0.3) is 10.1 Å². The lowest BCUT2D eigenvalue weighted by Crippen LogP contribution is -2.55. The Hall–Kier alpha value is -2.34. The molecule has 0 N–H and O–H groups in total. The molecule has 12 heteroatoms. The lowest BCUT2D eigenvalue weighted by atomic mass is 10.0. The summed E-state index contributed by atoms with van der Waals surface area (Å²) in [5, 5.41) is 0. The molecule has 8 nitrogen and oxygen atoms in total. The van der Waals surface area contributed by atoms with Crippen LogP contribution in [0.25, 0.3) is 0 Å². The Balaban J connectivity index is 2.22. The molecule has 2 atom stereocenters. The molecule has 1 fully saturated rings. The van der Waals surface area contributed by atoms with Crippen molar-refractivity contribution in [3.05, 3.63) is 29.8 Å². The van der Waals surface area contributed by atoms with E-state index in [9.17, 15) is 31.2 Å². The number of benzene rings is 1. The first-order chi connectivity index (χ1) is 15.3. The fraction of sp³-hybridized carbons (Fsp3) is 0.636. The van der Waals surface area contributed by atoms with Crippen molar-refractivity contribution >= 4 is 22.2 Å². The van der Waals surface area contributed by atoms with Crippen LogP contribution in [0.3, 0.4) is 0 Å². The van der Waals surface area contributed by atoms with Gasteiger partial charge < -0.3 is 9.47 Å². The van der Waals surface area contributed by atoms with Gasteiger partial charge in [0.1, 0.15) is 17.2 Å². The summed E-state index contributed by atoms with van der Waals surface area (Å²) in [6.45, 7) is 9.65. The number of alkyl halides is 3. The Bertz CT molecular complexity index is 993. The molecule has 1 aliphatic heterocycles. The van der Waals surface area contributed by atoms with Crippen LogP contribution in [0.1, 0.15) is 59.9 Å². The molecule has 1 heterocycles. The summed E-state index contributed by atoms with van der Waals surface area (Å²) in [6.07, 6.45) is -6.37. The van der Waals surface area contributed by atoms with Crippen molar-refractivity contribution in [1.82, 2.24) is 4.90 Å². The molecule has 1 aliphatic rings. The third kappa shape index (κ3) is 7.86. The van der Waals surface area contributed by atoms with Crippen LogP contribution in [0.5, 0.6) is 0 Å². The maximum absolute atomic E-state index is 12.8. The predicted octanol–water partition coefficient (Wildman–Crippen LogP) is 4.52. The van der Waals surface area contributed by atoms with Crippen LogP contribution in [0.15, 0.2) is 29.2 Å². The quantitative estimate of drug-likeness (QED) is 0.435. The summed E-state index contributed by atoms with van der Waals surface area (Å²) in [5.41, 5.74) is -2.69. The molecule has 0 radical (unpaired) electrons. The molecule has 192 valence electrons. The van der Waals surface area contributed by atoms with E-state index >= 15 is 0 Å². The monoisotopic (exact) mass is 509 g/mol. The van der Waals surface area contributed by atoms with Gasteiger partial charge in [-0.2, -0.15) is 21.6 Å². The molecule has 0 spiro atoms. The molecule has 0 saturated carbocycles. The van der Waals surface area contributed by atoms with Crippen LogP contribution in [0, 0.1) is 0 Å². The van der Waals surface area contributed by atoms with Crippen molar-refractivity contribution in [1.29, 1.82) is 0 Å². The molecule has 34 heavy (non-hydrogen) atoms. The number of hydrogen-bond donors (Lipinski definition) is 0. The van der Waals surface area contributed by atoms with E-state index in [0.717, 1.165) is 17.0 Å². The van der Waals surface area contributed by atoms with Gasteiger partial charge in [-0.3, -0.25) is 9.08 Å². The van der Waals surface area contributed by atoms with Gasteiger partial charge in [0.15, 0.2) is 0 Å². The fourth-order valence-electron chi connectivity index (χ4n) is 3.20. The minimum atomic E-state index is -4.61. The van der Waals surface area contributed by atoms with Crippen molar-refractivity contribution in [3.63, 3.8) is 0 Å². The van der Waals surface area contributed by atoms with E-state index < -0.39 is 62.2 Å². The first-order valence-corrected chi connectivity index (χ1v) is 12.0. The number of nitrogens with zero attached hydrogens (tertiary/aromatic N) is 1. The Labute approximate surface area is 197 Å². The second kappa shape index (κ2) is 9.73. The molecule has 1 amide bonds. The zero-order valence-corrected chi connectivity index (χ0v) is 20.7. The number of hydrogen-bond acceptors (Lipinski definition) is 7. The van der Waals surface area contributed by atoms with Gasteiger partial charge in [0.2, 0.25) is 0 Å². The Morgan fingerprint density at radius 3 is 1.91 bits per heavy atom. The van der Waals surface area contributed by atoms with Crippen molar-refractivity contribution < 1.29 is 44.8 Å². The van der Waals surface area contributed by atoms with Crippen LogP contribution < -0.4 is 0 Å². The van der Waals surface area contributed by atoms with Gasteiger partial charge in [-0.1, -0.05) is 0 Å². The average molecular weight is 510 g/mol. The van der Waals surface area contributed by atoms with Crippen LogP contribution >= 0.6 is 0 Å². The van der Waals surface area contributed by atoms with Crippen molar-refractivity contribution in [2.45, 2.75) is 88.8 Å². The number of piperidine rings is 1. The zero-order chi connectivity index (χ0) is 26.1. The second-order valence-corrected chi connectivity index (χ2v) is 11.5. The number of carbonyl (C=O) groups excluding carboxylic acids is 2. The highest BCUT2D eigenvalue weighted by molar-refractivity contribution is 7.86. The number of rotatable bonds is 4. The third-order valence-electron chi connectivity index (χ3n) is 4.58. The summed E-state index contributed by atoms with van der Waals surface area (Å²) in [6, 6.07) is 1.88. The lowest BCUT2D eigenvalue weighted by Gasteiger charge is -2.39. The third-order valence-corrected chi connectivity index (χ3v) is 5.95. The standard InChI is InChI=1S/C22H30F3NO7S/c1-20(2,3)31-18(27)17-12-9-15(13-26(17)19(28)32-21(4,5)6)33-34(29,30)16-10-7-14(8-11-16)22(23,24)25/h7-8,10-11,15,17H,9,12-13H2,1-6H3/t15-,17-/m0/s1. The van der Waals surface area contributed by atoms with Gasteiger partial charge in [0.05, 0.1) is 23.1 Å². The molecule has 1 aromatic rings. The fourth-order valence-corrected chi connectivity index (χ4v) is 4.29. The van der Waals surface area contributed by atoms with E-state index in [2.05, 4.69) is 0 Å². The van der Waals surface area contributed by atoms with Crippen molar-refractivity contribution in [3.8, 4) is 0 Å². The smallest absolute Gasteiger partial charge is 0.416 e. The van der Waals surface area contributed by atoms with Gasteiger partial charge in [0, 0.05) is 0 Å². The highest BCUT2D eigenvalue weighted by Crippen LogP contribution is 2.31. The molecule has 1 aromatic carbocycles. The molecule has 0 aromatic heterocycles. The summed E-state index contributed by atoms with van der Waals surface area (Å²) in [7, 11) is -4.44. The summed E-state index contributed by atoms with van der Waals surface area (Å²) < 4.78 is 79.5. The second-order valence-electron chi connectivity index (χ2n) is 9.95. The number of carbonyl (C=O) groups is 2. The number of ether oxygens (including phenoxy) is 2. The van der Waals surface area contributed by atoms with E-state index in [0.29, 0.717) is 12.1 Å².